The molecule has 2 rings (SSSR count). The molecule has 0 saturated carbocycles. The third kappa shape index (κ3) is 2.36. The molecule has 0 unspecified atom stereocenters. The van der Waals surface area contributed by atoms with Crippen LogP contribution in [0.2, 0.25) is 5.02 Å². The van der Waals surface area contributed by atoms with Gasteiger partial charge in [0.1, 0.15) is 5.76 Å². The summed E-state index contributed by atoms with van der Waals surface area (Å²) >= 11 is 5.77. The Hall–Kier alpha value is -1.92. The van der Waals surface area contributed by atoms with E-state index in [9.17, 15) is 0 Å². The van der Waals surface area contributed by atoms with Gasteiger partial charge in [-0.15, -0.1) is 0 Å². The fourth-order valence-corrected chi connectivity index (χ4v) is 1.46. The summed E-state index contributed by atoms with van der Waals surface area (Å²) < 4.78 is 5.17. The largest absolute Gasteiger partial charge is 0.466 e. The van der Waals surface area contributed by atoms with E-state index >= 15 is 0 Å². The van der Waals surface area contributed by atoms with Gasteiger partial charge in [0.2, 0.25) is 0 Å². The van der Waals surface area contributed by atoms with Gasteiger partial charge in [0.25, 0.3) is 0 Å². The number of hydrogen-bond acceptors (Lipinski definition) is 3. The molecule has 0 spiro atoms. The van der Waals surface area contributed by atoms with Crippen molar-refractivity contribution in [3.05, 3.63) is 53.4 Å². The number of nitrogens with zero attached hydrogens (tertiary/aromatic N) is 1. The lowest BCUT2D eigenvalue weighted by Crippen LogP contribution is -2.07. The first kappa shape index (κ1) is 10.6. The van der Waals surface area contributed by atoms with Gasteiger partial charge < -0.3 is 9.73 Å². The average Bonchev–Trinajstić information content (AvgIpc) is 2.82. The molecule has 1 aromatic heterocycles. The second-order valence-electron chi connectivity index (χ2n) is 3.23. The molecule has 0 saturated heterocycles. The first-order valence-electron chi connectivity index (χ1n) is 4.75. The Labute approximate surface area is 98.3 Å². The van der Waals surface area contributed by atoms with Gasteiger partial charge >= 0.3 is 0 Å². The molecule has 1 heterocycles. The monoisotopic (exact) mass is 232 g/mol. The van der Waals surface area contributed by atoms with Gasteiger partial charge in [-0.05, 0) is 36.4 Å². The fraction of sp³-hybridized carbons (Fsp3) is 0.0833. The average molecular weight is 233 g/mol. The van der Waals surface area contributed by atoms with Crippen molar-refractivity contribution in [2.75, 3.05) is 5.32 Å². The van der Waals surface area contributed by atoms with E-state index in [1.54, 1.807) is 30.5 Å². The predicted octanol–water partition coefficient (Wildman–Crippen LogP) is 3.61. The standard InChI is InChI=1S/C12H9ClN2O/c13-9-3-5-10(6-4-9)15-11(8-14)12-2-1-7-16-12/h1-7,11,15H/t11-/m0/s1. The van der Waals surface area contributed by atoms with Crippen LogP contribution < -0.4 is 5.32 Å². The minimum atomic E-state index is -0.490. The summed E-state index contributed by atoms with van der Waals surface area (Å²) in [6.45, 7) is 0. The summed E-state index contributed by atoms with van der Waals surface area (Å²) in [5, 5.41) is 12.7. The molecule has 3 nitrogen and oxygen atoms in total. The lowest BCUT2D eigenvalue weighted by Gasteiger charge is -2.10. The van der Waals surface area contributed by atoms with Crippen molar-refractivity contribution in [2.45, 2.75) is 6.04 Å². The van der Waals surface area contributed by atoms with E-state index in [1.807, 2.05) is 12.1 Å². The number of halogens is 1. The van der Waals surface area contributed by atoms with E-state index in [0.717, 1.165) is 5.69 Å². The predicted molar refractivity (Wildman–Crippen MR) is 62.1 cm³/mol. The number of hydrogen-bond donors (Lipinski definition) is 1. The highest BCUT2D eigenvalue weighted by atomic mass is 35.5. The SMILES string of the molecule is N#C[C@H](Nc1ccc(Cl)cc1)c1ccco1. The minimum Gasteiger partial charge on any atom is -0.466 e. The van der Waals surface area contributed by atoms with Crippen LogP contribution >= 0.6 is 11.6 Å². The van der Waals surface area contributed by atoms with Gasteiger partial charge in [-0.25, -0.2) is 0 Å². The van der Waals surface area contributed by atoms with Crippen molar-refractivity contribution in [1.82, 2.24) is 0 Å². The van der Waals surface area contributed by atoms with Gasteiger partial charge in [0, 0.05) is 10.7 Å². The molecule has 1 aromatic carbocycles. The molecule has 0 aliphatic heterocycles. The topological polar surface area (TPSA) is 49.0 Å². The molecular weight excluding hydrogens is 224 g/mol. The molecule has 0 aliphatic carbocycles. The summed E-state index contributed by atoms with van der Waals surface area (Å²) in [7, 11) is 0. The summed E-state index contributed by atoms with van der Waals surface area (Å²) in [4.78, 5) is 0. The van der Waals surface area contributed by atoms with Gasteiger partial charge in [-0.2, -0.15) is 5.26 Å². The zero-order valence-corrected chi connectivity index (χ0v) is 9.11. The van der Waals surface area contributed by atoms with Crippen LogP contribution in [-0.2, 0) is 0 Å². The van der Waals surface area contributed by atoms with E-state index in [0.29, 0.717) is 10.8 Å². The quantitative estimate of drug-likeness (QED) is 0.880. The third-order valence-electron chi connectivity index (χ3n) is 2.11. The van der Waals surface area contributed by atoms with Crippen LogP contribution in [0.25, 0.3) is 0 Å². The highest BCUT2D eigenvalue weighted by Crippen LogP contribution is 2.20. The molecule has 0 bridgehead atoms. The summed E-state index contributed by atoms with van der Waals surface area (Å²) in [5.74, 6) is 0.595. The second kappa shape index (κ2) is 4.73. The lowest BCUT2D eigenvalue weighted by atomic mass is 10.2. The van der Waals surface area contributed by atoms with E-state index in [2.05, 4.69) is 11.4 Å². The van der Waals surface area contributed by atoms with Crippen molar-refractivity contribution >= 4 is 17.3 Å². The van der Waals surface area contributed by atoms with Crippen molar-refractivity contribution in [3.8, 4) is 6.07 Å². The van der Waals surface area contributed by atoms with Crippen LogP contribution in [0.4, 0.5) is 5.69 Å². The highest BCUT2D eigenvalue weighted by Gasteiger charge is 2.12. The molecule has 1 N–H and O–H groups in total. The van der Waals surface area contributed by atoms with Gasteiger partial charge in [0.05, 0.1) is 12.3 Å². The van der Waals surface area contributed by atoms with Crippen LogP contribution in [0.5, 0.6) is 0 Å². The van der Waals surface area contributed by atoms with Crippen molar-refractivity contribution in [3.63, 3.8) is 0 Å². The van der Waals surface area contributed by atoms with Crippen molar-refractivity contribution in [1.29, 1.82) is 5.26 Å². The smallest absolute Gasteiger partial charge is 0.173 e. The highest BCUT2D eigenvalue weighted by molar-refractivity contribution is 6.30. The normalized spacial score (nSPS) is 11.8. The first-order valence-corrected chi connectivity index (χ1v) is 5.12. The van der Waals surface area contributed by atoms with Crippen LogP contribution in [0, 0.1) is 11.3 Å². The second-order valence-corrected chi connectivity index (χ2v) is 3.67. The summed E-state index contributed by atoms with van der Waals surface area (Å²) in [6.07, 6.45) is 1.54. The molecule has 2 aromatic rings. The number of rotatable bonds is 3. The molecule has 16 heavy (non-hydrogen) atoms. The number of benzene rings is 1. The molecule has 0 fully saturated rings. The Balaban J connectivity index is 2.14. The van der Waals surface area contributed by atoms with Crippen LogP contribution in [0.3, 0.4) is 0 Å². The number of furan rings is 1. The minimum absolute atomic E-state index is 0.490. The maximum atomic E-state index is 9.02. The van der Waals surface area contributed by atoms with Crippen molar-refractivity contribution < 1.29 is 4.42 Å². The zero-order chi connectivity index (χ0) is 11.4. The van der Waals surface area contributed by atoms with Crippen LogP contribution in [0.1, 0.15) is 11.8 Å². The fourth-order valence-electron chi connectivity index (χ4n) is 1.34. The zero-order valence-electron chi connectivity index (χ0n) is 8.35. The molecule has 4 heteroatoms. The van der Waals surface area contributed by atoms with Gasteiger partial charge in [0.15, 0.2) is 6.04 Å². The Bertz CT molecular complexity index is 485. The van der Waals surface area contributed by atoms with Gasteiger partial charge in [-0.1, -0.05) is 11.6 Å². The Kier molecular flexibility index (Phi) is 3.13. The van der Waals surface area contributed by atoms with E-state index in [1.165, 1.54) is 0 Å². The summed E-state index contributed by atoms with van der Waals surface area (Å²) in [6, 6.07) is 12.3. The first-order chi connectivity index (χ1) is 7.79. The van der Waals surface area contributed by atoms with E-state index in [-0.39, 0.29) is 0 Å². The molecule has 1 atom stereocenters. The maximum Gasteiger partial charge on any atom is 0.173 e. The van der Waals surface area contributed by atoms with Crippen LogP contribution in [-0.4, -0.2) is 0 Å². The molecule has 80 valence electrons. The van der Waals surface area contributed by atoms with Gasteiger partial charge in [-0.3, -0.25) is 0 Å². The summed E-state index contributed by atoms with van der Waals surface area (Å²) in [5.41, 5.74) is 0.826. The van der Waals surface area contributed by atoms with Crippen molar-refractivity contribution in [2.24, 2.45) is 0 Å². The third-order valence-corrected chi connectivity index (χ3v) is 2.36. The van der Waals surface area contributed by atoms with E-state index < -0.39 is 6.04 Å². The maximum absolute atomic E-state index is 9.02. The number of nitriles is 1. The number of anilines is 1. The Morgan fingerprint density at radius 3 is 2.56 bits per heavy atom. The molecule has 0 amide bonds. The Morgan fingerprint density at radius 1 is 1.25 bits per heavy atom. The molecular formula is C12H9ClN2O. The molecule has 0 radical (unpaired) electrons. The van der Waals surface area contributed by atoms with E-state index in [4.69, 9.17) is 21.3 Å². The Morgan fingerprint density at radius 2 is 2.00 bits per heavy atom. The number of nitrogens with one attached hydrogen (secondary N) is 1. The molecule has 0 aliphatic rings. The lowest BCUT2D eigenvalue weighted by molar-refractivity contribution is 0.505. The van der Waals surface area contributed by atoms with Crippen LogP contribution in [0.15, 0.2) is 47.1 Å².